The normalized spacial score (nSPS) is 18.4. The third kappa shape index (κ3) is 3.84. The molecule has 2 N–H and O–H groups in total. The molecule has 4 nitrogen and oxygen atoms in total. The number of rotatable bonds is 3. The number of aryl methyl sites for hydroxylation is 1. The third-order valence-electron chi connectivity index (χ3n) is 4.13. The highest BCUT2D eigenvalue weighted by atomic mass is 19.4. The first-order valence-corrected chi connectivity index (χ1v) is 7.93. The molecule has 1 atom stereocenters. The largest absolute Gasteiger partial charge is 0.416 e. The van der Waals surface area contributed by atoms with Crippen molar-refractivity contribution in [3.63, 3.8) is 0 Å². The Morgan fingerprint density at radius 3 is 2.50 bits per heavy atom. The number of halogens is 3. The molecule has 0 amide bonds. The first-order chi connectivity index (χ1) is 11.4. The number of anilines is 1. The summed E-state index contributed by atoms with van der Waals surface area (Å²) in [5.74, 6) is 0.722. The van der Waals surface area contributed by atoms with Crippen molar-refractivity contribution in [1.29, 1.82) is 0 Å². The Kier molecular flexibility index (Phi) is 4.71. The average Bonchev–Trinajstić information content (AvgIpc) is 2.57. The monoisotopic (exact) mass is 336 g/mol. The van der Waals surface area contributed by atoms with Gasteiger partial charge in [0.2, 0.25) is 0 Å². The van der Waals surface area contributed by atoms with E-state index in [-0.39, 0.29) is 0 Å². The number of piperidine rings is 1. The van der Waals surface area contributed by atoms with Gasteiger partial charge in [0, 0.05) is 18.2 Å². The Morgan fingerprint density at radius 2 is 1.92 bits per heavy atom. The van der Waals surface area contributed by atoms with Crippen LogP contribution in [0.3, 0.4) is 0 Å². The summed E-state index contributed by atoms with van der Waals surface area (Å²) in [4.78, 5) is 0. The number of hydrogen-bond donors (Lipinski definition) is 2. The number of benzene rings is 1. The fraction of sp³-hybridized carbons (Fsp3) is 0.412. The molecule has 0 radical (unpaired) electrons. The lowest BCUT2D eigenvalue weighted by Crippen LogP contribution is -2.38. The zero-order valence-electron chi connectivity index (χ0n) is 13.3. The van der Waals surface area contributed by atoms with Crippen molar-refractivity contribution in [1.82, 2.24) is 15.5 Å². The van der Waals surface area contributed by atoms with Gasteiger partial charge >= 0.3 is 6.18 Å². The molecule has 2 heterocycles. The van der Waals surface area contributed by atoms with Crippen molar-refractivity contribution in [3.05, 3.63) is 41.5 Å². The maximum absolute atomic E-state index is 12.6. The number of nitrogens with one attached hydrogen (secondary N) is 2. The molecule has 3 rings (SSSR count). The van der Waals surface area contributed by atoms with Crippen LogP contribution in [0, 0.1) is 6.92 Å². The number of aromatic nitrogens is 2. The molecule has 24 heavy (non-hydrogen) atoms. The maximum atomic E-state index is 12.6. The van der Waals surface area contributed by atoms with Gasteiger partial charge in [-0.3, -0.25) is 0 Å². The van der Waals surface area contributed by atoms with E-state index in [1.165, 1.54) is 12.1 Å². The van der Waals surface area contributed by atoms with E-state index < -0.39 is 11.7 Å². The molecule has 1 aromatic carbocycles. The lowest BCUT2D eigenvalue weighted by Gasteiger charge is -2.24. The molecule has 128 valence electrons. The van der Waals surface area contributed by atoms with Crippen molar-refractivity contribution < 1.29 is 13.2 Å². The maximum Gasteiger partial charge on any atom is 0.416 e. The Balaban J connectivity index is 1.76. The fourth-order valence-corrected chi connectivity index (χ4v) is 2.77. The summed E-state index contributed by atoms with van der Waals surface area (Å²) in [6, 6.07) is 7.13. The number of hydrogen-bond acceptors (Lipinski definition) is 4. The molecule has 2 aromatic rings. The van der Waals surface area contributed by atoms with Gasteiger partial charge in [0.15, 0.2) is 5.82 Å². The summed E-state index contributed by atoms with van der Waals surface area (Å²) >= 11 is 0. The highest BCUT2D eigenvalue weighted by molar-refractivity contribution is 5.62. The molecule has 1 aromatic heterocycles. The summed E-state index contributed by atoms with van der Waals surface area (Å²) in [5, 5.41) is 15.1. The van der Waals surface area contributed by atoms with Crippen LogP contribution in [0.15, 0.2) is 30.3 Å². The molecule has 1 aliphatic rings. The molecule has 0 bridgehead atoms. The lowest BCUT2D eigenvalue weighted by atomic mass is 10.1. The van der Waals surface area contributed by atoms with Crippen LogP contribution in [0.2, 0.25) is 0 Å². The van der Waals surface area contributed by atoms with E-state index in [2.05, 4.69) is 20.8 Å². The number of nitrogens with zero attached hydrogens (tertiary/aromatic N) is 2. The Morgan fingerprint density at radius 1 is 1.17 bits per heavy atom. The van der Waals surface area contributed by atoms with E-state index in [4.69, 9.17) is 0 Å². The lowest BCUT2D eigenvalue weighted by molar-refractivity contribution is -0.137. The van der Waals surface area contributed by atoms with Crippen molar-refractivity contribution in [2.24, 2.45) is 0 Å². The van der Waals surface area contributed by atoms with Crippen LogP contribution >= 0.6 is 0 Å². The minimum atomic E-state index is -4.33. The van der Waals surface area contributed by atoms with Gasteiger partial charge in [-0.2, -0.15) is 13.2 Å². The molecule has 1 saturated heterocycles. The predicted molar refractivity (Wildman–Crippen MR) is 86.7 cm³/mol. The highest BCUT2D eigenvalue weighted by Gasteiger charge is 2.30. The second-order valence-electron chi connectivity index (χ2n) is 6.02. The summed E-state index contributed by atoms with van der Waals surface area (Å²) < 4.78 is 37.9. The number of alkyl halides is 3. The molecule has 0 saturated carbocycles. The standard InChI is InChI=1S/C17H19F3N4/c1-11-9-15(12-4-6-13(7-5-12)17(18,19)20)23-24-16(11)22-14-3-2-8-21-10-14/h4-7,9,14,21H,2-3,8,10H2,1H3,(H,22,24)/t14-/m1/s1. The minimum absolute atomic E-state index is 0.323. The SMILES string of the molecule is Cc1cc(-c2ccc(C(F)(F)F)cc2)nnc1N[C@@H]1CCCNC1. The van der Waals surface area contributed by atoms with E-state index in [1.54, 1.807) is 0 Å². The van der Waals surface area contributed by atoms with Crippen molar-refractivity contribution in [2.45, 2.75) is 32.0 Å². The molecular formula is C17H19F3N4. The Labute approximate surface area is 138 Å². The van der Waals surface area contributed by atoms with Crippen LogP contribution in [0.4, 0.5) is 19.0 Å². The zero-order chi connectivity index (χ0) is 17.2. The van der Waals surface area contributed by atoms with Crippen LogP contribution in [-0.4, -0.2) is 29.3 Å². The van der Waals surface area contributed by atoms with E-state index in [0.717, 1.165) is 49.4 Å². The van der Waals surface area contributed by atoms with Gasteiger partial charge in [-0.1, -0.05) is 12.1 Å². The molecule has 1 fully saturated rings. The Bertz CT molecular complexity index is 692. The quantitative estimate of drug-likeness (QED) is 0.899. The highest BCUT2D eigenvalue weighted by Crippen LogP contribution is 2.31. The van der Waals surface area contributed by atoms with E-state index in [9.17, 15) is 13.2 Å². The molecule has 7 heteroatoms. The summed E-state index contributed by atoms with van der Waals surface area (Å²) in [5.41, 5.74) is 1.43. The van der Waals surface area contributed by atoms with E-state index in [1.807, 2.05) is 13.0 Å². The molecule has 0 spiro atoms. The van der Waals surface area contributed by atoms with Gasteiger partial charge in [-0.25, -0.2) is 0 Å². The van der Waals surface area contributed by atoms with Gasteiger partial charge in [0.05, 0.1) is 11.3 Å². The topological polar surface area (TPSA) is 49.8 Å². The van der Waals surface area contributed by atoms with Crippen molar-refractivity contribution >= 4 is 5.82 Å². The van der Waals surface area contributed by atoms with Gasteiger partial charge in [-0.15, -0.1) is 10.2 Å². The van der Waals surface area contributed by atoms with Gasteiger partial charge < -0.3 is 10.6 Å². The summed E-state index contributed by atoms with van der Waals surface area (Å²) in [6.45, 7) is 3.85. The first kappa shape index (κ1) is 16.7. The zero-order valence-corrected chi connectivity index (χ0v) is 13.3. The summed E-state index contributed by atoms with van der Waals surface area (Å²) in [7, 11) is 0. The fourth-order valence-electron chi connectivity index (χ4n) is 2.77. The van der Waals surface area contributed by atoms with Crippen LogP contribution in [0.5, 0.6) is 0 Å². The van der Waals surface area contributed by atoms with Crippen molar-refractivity contribution in [3.8, 4) is 11.3 Å². The van der Waals surface area contributed by atoms with E-state index in [0.29, 0.717) is 17.3 Å². The van der Waals surface area contributed by atoms with Crippen LogP contribution < -0.4 is 10.6 Å². The average molecular weight is 336 g/mol. The third-order valence-corrected chi connectivity index (χ3v) is 4.13. The van der Waals surface area contributed by atoms with Gasteiger partial charge in [0.25, 0.3) is 0 Å². The van der Waals surface area contributed by atoms with Gasteiger partial charge in [-0.05, 0) is 50.1 Å². The first-order valence-electron chi connectivity index (χ1n) is 7.93. The molecular weight excluding hydrogens is 317 g/mol. The second kappa shape index (κ2) is 6.76. The second-order valence-corrected chi connectivity index (χ2v) is 6.02. The predicted octanol–water partition coefficient (Wildman–Crippen LogP) is 3.63. The molecule has 1 aliphatic heterocycles. The van der Waals surface area contributed by atoms with Crippen LogP contribution in [0.25, 0.3) is 11.3 Å². The molecule has 0 unspecified atom stereocenters. The van der Waals surface area contributed by atoms with Gasteiger partial charge in [0.1, 0.15) is 0 Å². The summed E-state index contributed by atoms with van der Waals surface area (Å²) in [6.07, 6.45) is -2.13. The molecule has 0 aliphatic carbocycles. The Hall–Kier alpha value is -2.15. The van der Waals surface area contributed by atoms with E-state index >= 15 is 0 Å². The smallest absolute Gasteiger partial charge is 0.364 e. The minimum Gasteiger partial charge on any atom is -0.364 e. The van der Waals surface area contributed by atoms with Crippen LogP contribution in [0.1, 0.15) is 24.0 Å². The van der Waals surface area contributed by atoms with Crippen LogP contribution in [-0.2, 0) is 6.18 Å². The van der Waals surface area contributed by atoms with Crippen molar-refractivity contribution in [2.75, 3.05) is 18.4 Å².